The van der Waals surface area contributed by atoms with E-state index < -0.39 is 17.6 Å². The third kappa shape index (κ3) is 2.07. The summed E-state index contributed by atoms with van der Waals surface area (Å²) in [5.74, 6) is -0.420. The monoisotopic (exact) mass is 244 g/mol. The molecule has 1 aliphatic rings. The average molecular weight is 244 g/mol. The second-order valence-corrected chi connectivity index (χ2v) is 3.76. The van der Waals surface area contributed by atoms with Crippen molar-refractivity contribution in [2.24, 2.45) is 0 Å². The highest BCUT2D eigenvalue weighted by Gasteiger charge is 2.37. The molecule has 1 aromatic rings. The number of nitrogens with zero attached hydrogens (tertiary/aromatic N) is 1. The SMILES string of the molecule is CCN1CC(=O)Nc2c1cccc2C(F)(F)F. The molecular formula is C11H11F3N2O. The van der Waals surface area contributed by atoms with E-state index in [2.05, 4.69) is 5.32 Å². The average Bonchev–Trinajstić information content (AvgIpc) is 2.25. The predicted molar refractivity (Wildman–Crippen MR) is 58.0 cm³/mol. The summed E-state index contributed by atoms with van der Waals surface area (Å²) in [5.41, 5.74) is -0.526. The lowest BCUT2D eigenvalue weighted by Gasteiger charge is -2.31. The summed E-state index contributed by atoms with van der Waals surface area (Å²) in [5, 5.41) is 2.30. The van der Waals surface area contributed by atoms with Crippen molar-refractivity contribution in [1.82, 2.24) is 0 Å². The number of carbonyl (C=O) groups excluding carboxylic acids is 1. The topological polar surface area (TPSA) is 32.3 Å². The first-order valence-corrected chi connectivity index (χ1v) is 5.18. The maximum absolute atomic E-state index is 12.8. The number of anilines is 2. The molecule has 1 heterocycles. The van der Waals surface area contributed by atoms with Gasteiger partial charge in [-0.05, 0) is 19.1 Å². The number of halogens is 3. The number of alkyl halides is 3. The number of benzene rings is 1. The van der Waals surface area contributed by atoms with Gasteiger partial charge in [-0.25, -0.2) is 0 Å². The molecule has 3 nitrogen and oxygen atoms in total. The van der Waals surface area contributed by atoms with E-state index in [1.807, 2.05) is 0 Å². The van der Waals surface area contributed by atoms with Crippen LogP contribution in [0.5, 0.6) is 0 Å². The molecule has 0 bridgehead atoms. The molecule has 0 aromatic heterocycles. The zero-order valence-electron chi connectivity index (χ0n) is 9.14. The quantitative estimate of drug-likeness (QED) is 0.823. The van der Waals surface area contributed by atoms with Gasteiger partial charge in [0.2, 0.25) is 5.91 Å². The van der Waals surface area contributed by atoms with Crippen molar-refractivity contribution in [2.75, 3.05) is 23.3 Å². The van der Waals surface area contributed by atoms with Crippen LogP contribution in [-0.4, -0.2) is 19.0 Å². The molecule has 1 amide bonds. The number of likely N-dealkylation sites (N-methyl/N-ethyl adjacent to an activating group) is 1. The van der Waals surface area contributed by atoms with Gasteiger partial charge in [-0.2, -0.15) is 13.2 Å². The fraction of sp³-hybridized carbons (Fsp3) is 0.364. The molecule has 92 valence electrons. The van der Waals surface area contributed by atoms with Crippen molar-refractivity contribution in [3.8, 4) is 0 Å². The number of hydrogen-bond donors (Lipinski definition) is 1. The van der Waals surface area contributed by atoms with Crippen LogP contribution in [0.1, 0.15) is 12.5 Å². The summed E-state index contributed by atoms with van der Waals surface area (Å²) >= 11 is 0. The first kappa shape index (κ1) is 11.8. The molecule has 1 aliphatic heterocycles. The highest BCUT2D eigenvalue weighted by atomic mass is 19.4. The van der Waals surface area contributed by atoms with Gasteiger partial charge in [-0.1, -0.05) is 6.07 Å². The van der Waals surface area contributed by atoms with E-state index >= 15 is 0 Å². The van der Waals surface area contributed by atoms with E-state index in [1.54, 1.807) is 17.9 Å². The van der Waals surface area contributed by atoms with Crippen molar-refractivity contribution >= 4 is 17.3 Å². The van der Waals surface area contributed by atoms with Crippen LogP contribution in [-0.2, 0) is 11.0 Å². The molecule has 17 heavy (non-hydrogen) atoms. The standard InChI is InChI=1S/C11H11F3N2O/c1-2-16-6-9(17)15-10-7(11(12,13)14)4-3-5-8(10)16/h3-5H,2,6H2,1H3,(H,15,17). The fourth-order valence-corrected chi connectivity index (χ4v) is 1.89. The summed E-state index contributed by atoms with van der Waals surface area (Å²) in [6.07, 6.45) is -4.46. The molecule has 0 fully saturated rings. The third-order valence-electron chi connectivity index (χ3n) is 2.67. The van der Waals surface area contributed by atoms with Crippen LogP contribution in [0.3, 0.4) is 0 Å². The van der Waals surface area contributed by atoms with Crippen LogP contribution in [0.25, 0.3) is 0 Å². The predicted octanol–water partition coefficient (Wildman–Crippen LogP) is 2.48. The first-order valence-electron chi connectivity index (χ1n) is 5.18. The summed E-state index contributed by atoms with van der Waals surface area (Å²) in [6.45, 7) is 2.37. The van der Waals surface area contributed by atoms with Crippen molar-refractivity contribution in [3.05, 3.63) is 23.8 Å². The Morgan fingerprint density at radius 1 is 1.41 bits per heavy atom. The van der Waals surface area contributed by atoms with E-state index in [1.165, 1.54) is 6.07 Å². The fourth-order valence-electron chi connectivity index (χ4n) is 1.89. The summed E-state index contributed by atoms with van der Waals surface area (Å²) in [6, 6.07) is 3.90. The molecular weight excluding hydrogens is 233 g/mol. The van der Waals surface area contributed by atoms with Gasteiger partial charge >= 0.3 is 6.18 Å². The minimum absolute atomic E-state index is 0.0881. The highest BCUT2D eigenvalue weighted by molar-refractivity contribution is 6.02. The Hall–Kier alpha value is -1.72. The lowest BCUT2D eigenvalue weighted by molar-refractivity contribution is -0.137. The van der Waals surface area contributed by atoms with Gasteiger partial charge in [-0.3, -0.25) is 4.79 Å². The summed E-state index contributed by atoms with van der Waals surface area (Å²) < 4.78 is 38.3. The molecule has 0 spiro atoms. The molecule has 1 aromatic carbocycles. The molecule has 0 radical (unpaired) electrons. The highest BCUT2D eigenvalue weighted by Crippen LogP contribution is 2.41. The van der Waals surface area contributed by atoms with Crippen LogP contribution >= 0.6 is 0 Å². The van der Waals surface area contributed by atoms with E-state index in [4.69, 9.17) is 0 Å². The number of para-hydroxylation sites is 1. The second kappa shape index (κ2) is 3.94. The number of rotatable bonds is 1. The maximum Gasteiger partial charge on any atom is 0.418 e. The molecule has 0 saturated heterocycles. The first-order chi connectivity index (χ1) is 7.93. The van der Waals surface area contributed by atoms with E-state index in [-0.39, 0.29) is 12.2 Å². The number of nitrogens with one attached hydrogen (secondary N) is 1. The van der Waals surface area contributed by atoms with Gasteiger partial charge in [0, 0.05) is 6.54 Å². The molecule has 0 saturated carbocycles. The van der Waals surface area contributed by atoms with Crippen molar-refractivity contribution in [1.29, 1.82) is 0 Å². The Balaban J connectivity index is 2.57. The van der Waals surface area contributed by atoms with E-state index in [0.29, 0.717) is 12.2 Å². The van der Waals surface area contributed by atoms with Gasteiger partial charge in [0.1, 0.15) is 0 Å². The Morgan fingerprint density at radius 2 is 2.12 bits per heavy atom. The Labute approximate surface area is 96.2 Å². The van der Waals surface area contributed by atoms with E-state index in [9.17, 15) is 18.0 Å². The lowest BCUT2D eigenvalue weighted by Crippen LogP contribution is -2.38. The number of fused-ring (bicyclic) bond motifs is 1. The molecule has 0 atom stereocenters. The van der Waals surface area contributed by atoms with Gasteiger partial charge in [0.25, 0.3) is 0 Å². The van der Waals surface area contributed by atoms with Crippen LogP contribution in [0, 0.1) is 0 Å². The normalized spacial score (nSPS) is 15.5. The van der Waals surface area contributed by atoms with Gasteiger partial charge in [0.15, 0.2) is 0 Å². The van der Waals surface area contributed by atoms with Crippen LogP contribution in [0.4, 0.5) is 24.5 Å². The van der Waals surface area contributed by atoms with Crippen LogP contribution in [0.2, 0.25) is 0 Å². The maximum atomic E-state index is 12.8. The van der Waals surface area contributed by atoms with Crippen LogP contribution in [0.15, 0.2) is 18.2 Å². The largest absolute Gasteiger partial charge is 0.418 e. The van der Waals surface area contributed by atoms with Crippen molar-refractivity contribution in [2.45, 2.75) is 13.1 Å². The molecule has 2 rings (SSSR count). The zero-order valence-corrected chi connectivity index (χ0v) is 9.14. The zero-order chi connectivity index (χ0) is 12.6. The Morgan fingerprint density at radius 3 is 2.71 bits per heavy atom. The smallest absolute Gasteiger partial charge is 0.361 e. The number of amides is 1. The van der Waals surface area contributed by atoms with Crippen molar-refractivity contribution in [3.63, 3.8) is 0 Å². The van der Waals surface area contributed by atoms with Gasteiger partial charge in [0.05, 0.1) is 23.5 Å². The van der Waals surface area contributed by atoms with Gasteiger partial charge in [-0.15, -0.1) is 0 Å². The van der Waals surface area contributed by atoms with Gasteiger partial charge < -0.3 is 10.2 Å². The minimum Gasteiger partial charge on any atom is -0.361 e. The number of hydrogen-bond acceptors (Lipinski definition) is 2. The molecule has 1 N–H and O–H groups in total. The summed E-state index contributed by atoms with van der Waals surface area (Å²) in [7, 11) is 0. The minimum atomic E-state index is -4.46. The molecule has 6 heteroatoms. The number of carbonyl (C=O) groups is 1. The third-order valence-corrected chi connectivity index (χ3v) is 2.67. The van der Waals surface area contributed by atoms with Crippen molar-refractivity contribution < 1.29 is 18.0 Å². The Kier molecular flexibility index (Phi) is 2.73. The molecule has 0 aliphatic carbocycles. The Bertz CT molecular complexity index is 457. The van der Waals surface area contributed by atoms with E-state index in [0.717, 1.165) is 6.07 Å². The summed E-state index contributed by atoms with van der Waals surface area (Å²) in [4.78, 5) is 13.0. The lowest BCUT2D eigenvalue weighted by atomic mass is 10.1. The van der Waals surface area contributed by atoms with Crippen LogP contribution < -0.4 is 10.2 Å². The molecule has 0 unspecified atom stereocenters. The second-order valence-electron chi connectivity index (χ2n) is 3.76.